The Morgan fingerprint density at radius 2 is 1.39 bits per heavy atom. The van der Waals surface area contributed by atoms with Gasteiger partial charge in [0.05, 0.1) is 20.3 Å². The Bertz CT molecular complexity index is 800. The topological polar surface area (TPSA) is 51.2 Å². The van der Waals surface area contributed by atoms with Crippen LogP contribution in [0, 0.1) is 0 Å². The number of carbonyl (C=O) groups excluding carboxylic acids is 1. The quantitative estimate of drug-likeness (QED) is 0.689. The summed E-state index contributed by atoms with van der Waals surface area (Å²) in [5.74, 6) is 2.21. The third-order valence-corrected chi connectivity index (χ3v) is 5.48. The van der Waals surface area contributed by atoms with Crippen molar-refractivity contribution in [2.24, 2.45) is 0 Å². The summed E-state index contributed by atoms with van der Waals surface area (Å²) < 4.78 is 16.5. The maximum absolute atomic E-state index is 13.0. The molecule has 28 heavy (non-hydrogen) atoms. The summed E-state index contributed by atoms with van der Waals surface area (Å²) in [6.45, 7) is 2.98. The minimum absolute atomic E-state index is 0.00909. The molecule has 2 aliphatic heterocycles. The zero-order valence-electron chi connectivity index (χ0n) is 16.3. The molecule has 6 nitrogen and oxygen atoms in total. The molecule has 2 aliphatic rings. The molecule has 0 saturated carbocycles. The van der Waals surface area contributed by atoms with Crippen LogP contribution in [0.2, 0.25) is 0 Å². The molecule has 0 radical (unpaired) electrons. The van der Waals surface area contributed by atoms with Crippen molar-refractivity contribution < 1.29 is 19.0 Å². The average Bonchev–Trinajstić information content (AvgIpc) is 3.26. The summed E-state index contributed by atoms with van der Waals surface area (Å²) in [4.78, 5) is 17.2. The Morgan fingerprint density at radius 3 is 1.96 bits per heavy atom. The van der Waals surface area contributed by atoms with Gasteiger partial charge in [0.1, 0.15) is 17.2 Å². The van der Waals surface area contributed by atoms with Crippen molar-refractivity contribution in [2.45, 2.75) is 25.0 Å². The summed E-state index contributed by atoms with van der Waals surface area (Å²) in [6.07, 6.45) is 1.96. The van der Waals surface area contributed by atoms with E-state index >= 15 is 0 Å². The van der Waals surface area contributed by atoms with E-state index in [9.17, 15) is 4.79 Å². The molecule has 2 aromatic rings. The zero-order valence-corrected chi connectivity index (χ0v) is 16.3. The molecule has 2 aromatic carbocycles. The van der Waals surface area contributed by atoms with Crippen molar-refractivity contribution in [2.75, 3.05) is 38.8 Å². The molecule has 2 fully saturated rings. The molecular formula is C22H26N2O4. The number of benzene rings is 2. The second-order valence-corrected chi connectivity index (χ2v) is 7.20. The van der Waals surface area contributed by atoms with Crippen LogP contribution in [-0.4, -0.2) is 56.8 Å². The van der Waals surface area contributed by atoms with E-state index in [1.165, 1.54) is 12.8 Å². The maximum atomic E-state index is 13.0. The number of hydrogen-bond acceptors (Lipinski definition) is 5. The second kappa shape index (κ2) is 8.10. The van der Waals surface area contributed by atoms with Crippen molar-refractivity contribution in [1.29, 1.82) is 0 Å². The lowest BCUT2D eigenvalue weighted by molar-refractivity contribution is -0.135. The third kappa shape index (κ3) is 3.64. The van der Waals surface area contributed by atoms with Crippen molar-refractivity contribution in [3.05, 3.63) is 48.5 Å². The molecule has 2 saturated heterocycles. The number of nitrogens with zero attached hydrogens (tertiary/aromatic N) is 2. The highest BCUT2D eigenvalue weighted by Gasteiger charge is 2.50. The summed E-state index contributed by atoms with van der Waals surface area (Å²) in [5, 5.41) is 0. The molecule has 0 aromatic heterocycles. The highest BCUT2D eigenvalue weighted by molar-refractivity contribution is 6.05. The highest BCUT2D eigenvalue weighted by atomic mass is 16.5. The van der Waals surface area contributed by atoms with E-state index in [0.29, 0.717) is 5.75 Å². The molecule has 0 spiro atoms. The van der Waals surface area contributed by atoms with Gasteiger partial charge in [0.2, 0.25) is 0 Å². The van der Waals surface area contributed by atoms with Crippen LogP contribution in [0.4, 0.5) is 5.69 Å². The van der Waals surface area contributed by atoms with Gasteiger partial charge < -0.3 is 24.0 Å². The summed E-state index contributed by atoms with van der Waals surface area (Å²) in [7, 11) is 3.27. The zero-order chi connectivity index (χ0) is 19.5. The maximum Gasteiger partial charge on any atom is 0.270 e. The first kappa shape index (κ1) is 18.6. The van der Waals surface area contributed by atoms with E-state index in [-0.39, 0.29) is 11.9 Å². The van der Waals surface area contributed by atoms with Gasteiger partial charge in [-0.15, -0.1) is 0 Å². The summed E-state index contributed by atoms with van der Waals surface area (Å²) in [6, 6.07) is 15.0. The Hall–Kier alpha value is -2.73. The van der Waals surface area contributed by atoms with Crippen LogP contribution in [0.1, 0.15) is 12.8 Å². The number of anilines is 1. The lowest BCUT2D eigenvalue weighted by Crippen LogP contribution is -2.70. The number of carbonyl (C=O) groups is 1. The number of β-lactam (4-membered cyclic amide) rings is 1. The lowest BCUT2D eigenvalue weighted by Gasteiger charge is -2.47. The molecule has 6 heteroatoms. The fraction of sp³-hybridized carbons (Fsp3) is 0.409. The SMILES string of the molecule is COc1ccc(O[C@@H]2C(=O)N(c3ccc(OC)cc3)[C@@H]2CN2CCCC2)cc1. The third-order valence-electron chi connectivity index (χ3n) is 5.48. The fourth-order valence-corrected chi connectivity index (χ4v) is 3.92. The van der Waals surface area contributed by atoms with Gasteiger partial charge in [0, 0.05) is 12.2 Å². The van der Waals surface area contributed by atoms with Crippen LogP contribution < -0.4 is 19.1 Å². The van der Waals surface area contributed by atoms with Crippen molar-refractivity contribution in [3.63, 3.8) is 0 Å². The van der Waals surface area contributed by atoms with Crippen LogP contribution >= 0.6 is 0 Å². The Balaban J connectivity index is 1.53. The molecule has 148 valence electrons. The van der Waals surface area contributed by atoms with E-state index in [4.69, 9.17) is 14.2 Å². The summed E-state index contributed by atoms with van der Waals surface area (Å²) >= 11 is 0. The van der Waals surface area contributed by atoms with Crippen LogP contribution in [0.3, 0.4) is 0 Å². The first-order valence-corrected chi connectivity index (χ1v) is 9.70. The Labute approximate surface area is 165 Å². The Kier molecular flexibility index (Phi) is 5.39. The van der Waals surface area contributed by atoms with Gasteiger partial charge in [-0.1, -0.05) is 0 Å². The van der Waals surface area contributed by atoms with Crippen LogP contribution in [-0.2, 0) is 4.79 Å². The van der Waals surface area contributed by atoms with Crippen molar-refractivity contribution in [3.8, 4) is 17.2 Å². The summed E-state index contributed by atoms with van der Waals surface area (Å²) in [5.41, 5.74) is 0.879. The van der Waals surface area contributed by atoms with E-state index in [1.54, 1.807) is 14.2 Å². The van der Waals surface area contributed by atoms with Crippen molar-refractivity contribution >= 4 is 11.6 Å². The molecule has 0 bridgehead atoms. The fourth-order valence-electron chi connectivity index (χ4n) is 3.92. The molecular weight excluding hydrogens is 356 g/mol. The van der Waals surface area contributed by atoms with Gasteiger partial charge in [0.15, 0.2) is 6.10 Å². The van der Waals surface area contributed by atoms with Gasteiger partial charge in [-0.3, -0.25) is 4.79 Å². The van der Waals surface area contributed by atoms with Crippen LogP contribution in [0.15, 0.2) is 48.5 Å². The second-order valence-electron chi connectivity index (χ2n) is 7.20. The minimum Gasteiger partial charge on any atom is -0.497 e. The van der Waals surface area contributed by atoms with Crippen LogP contribution in [0.5, 0.6) is 17.2 Å². The molecule has 0 unspecified atom stereocenters. The highest BCUT2D eigenvalue weighted by Crippen LogP contribution is 2.33. The molecule has 0 N–H and O–H groups in total. The lowest BCUT2D eigenvalue weighted by atomic mass is 9.95. The molecule has 4 rings (SSSR count). The number of hydrogen-bond donors (Lipinski definition) is 0. The van der Waals surface area contributed by atoms with Crippen LogP contribution in [0.25, 0.3) is 0 Å². The Morgan fingerprint density at radius 1 is 0.857 bits per heavy atom. The van der Waals surface area contributed by atoms with E-state index < -0.39 is 6.10 Å². The van der Waals surface area contributed by atoms with Gasteiger partial charge in [-0.25, -0.2) is 0 Å². The number of methoxy groups -OCH3 is 2. The monoisotopic (exact) mass is 382 g/mol. The van der Waals surface area contributed by atoms with E-state index in [1.807, 2.05) is 53.4 Å². The predicted octanol–water partition coefficient (Wildman–Crippen LogP) is 2.96. The minimum atomic E-state index is -0.476. The number of likely N-dealkylation sites (tertiary alicyclic amines) is 1. The largest absolute Gasteiger partial charge is 0.497 e. The normalized spacial score (nSPS) is 22.1. The molecule has 1 amide bonds. The van der Waals surface area contributed by atoms with Gasteiger partial charge in [0.25, 0.3) is 5.91 Å². The number of amides is 1. The van der Waals surface area contributed by atoms with Gasteiger partial charge >= 0.3 is 0 Å². The smallest absolute Gasteiger partial charge is 0.270 e. The van der Waals surface area contributed by atoms with E-state index in [0.717, 1.165) is 36.8 Å². The molecule has 0 aliphatic carbocycles. The first-order valence-electron chi connectivity index (χ1n) is 9.70. The molecule has 2 atom stereocenters. The number of rotatable bonds is 7. The first-order chi connectivity index (χ1) is 13.7. The van der Waals surface area contributed by atoms with E-state index in [2.05, 4.69) is 4.90 Å². The number of ether oxygens (including phenoxy) is 3. The van der Waals surface area contributed by atoms with Gasteiger partial charge in [-0.2, -0.15) is 0 Å². The average molecular weight is 382 g/mol. The predicted molar refractivity (Wildman–Crippen MR) is 107 cm³/mol. The van der Waals surface area contributed by atoms with Crippen molar-refractivity contribution in [1.82, 2.24) is 4.90 Å². The standard InChI is InChI=1S/C22H26N2O4/c1-26-17-7-5-16(6-8-17)24-20(15-23-13-3-4-14-23)21(22(24)25)28-19-11-9-18(27-2)10-12-19/h5-12,20-21H,3-4,13-15H2,1-2H3/t20-,21+/m1/s1. The van der Waals surface area contributed by atoms with Gasteiger partial charge in [-0.05, 0) is 74.5 Å². The molecule has 2 heterocycles.